The number of carbonyl (C=O) groups is 1. The van der Waals surface area contributed by atoms with E-state index in [1.54, 1.807) is 24.5 Å². The second-order valence-corrected chi connectivity index (χ2v) is 7.17. The molecule has 0 saturated heterocycles. The van der Waals surface area contributed by atoms with Gasteiger partial charge in [0, 0.05) is 12.2 Å². The molecule has 0 unspecified atom stereocenters. The molecule has 3 aromatic rings. The standard InChI is InChI=1S/C20H21FN8OS/c1-3-23-20(22)31-8-4-5-14-9-15(6-7-16(14)21)28-19(30)17-10-25-18(11-24-17)29-13(2)26-12-27-29/h4,6-12H,3,5H2,1-2H3,(H2,22,23)(H,28,30)/b8-4-. The molecule has 0 bridgehead atoms. The van der Waals surface area contributed by atoms with Crippen LogP contribution in [0.1, 0.15) is 28.8 Å². The number of benzene rings is 1. The molecule has 0 fully saturated rings. The predicted molar refractivity (Wildman–Crippen MR) is 119 cm³/mol. The molecule has 160 valence electrons. The van der Waals surface area contributed by atoms with Gasteiger partial charge >= 0.3 is 0 Å². The Labute approximate surface area is 182 Å². The zero-order chi connectivity index (χ0) is 22.2. The number of amidine groups is 1. The van der Waals surface area contributed by atoms with Gasteiger partial charge in [-0.25, -0.2) is 19.3 Å². The SMILES string of the molecule is CCN=C(N)S/C=C\Cc1cc(NC(=O)c2cnc(-n3ncnc3C)cn2)ccc1F. The van der Waals surface area contributed by atoms with Gasteiger partial charge in [0.05, 0.1) is 12.4 Å². The van der Waals surface area contributed by atoms with Crippen molar-refractivity contribution in [3.05, 3.63) is 71.3 Å². The van der Waals surface area contributed by atoms with Crippen LogP contribution in [0, 0.1) is 12.7 Å². The number of carbonyl (C=O) groups excluding carboxylic acids is 1. The molecule has 31 heavy (non-hydrogen) atoms. The molecule has 3 N–H and O–H groups in total. The molecule has 3 rings (SSSR count). The summed E-state index contributed by atoms with van der Waals surface area (Å²) in [6, 6.07) is 4.37. The number of nitrogens with zero attached hydrogens (tertiary/aromatic N) is 6. The number of thioether (sulfide) groups is 1. The minimum atomic E-state index is -0.457. The summed E-state index contributed by atoms with van der Waals surface area (Å²) >= 11 is 1.27. The van der Waals surface area contributed by atoms with E-state index >= 15 is 0 Å². The Morgan fingerprint density at radius 2 is 2.16 bits per heavy atom. The van der Waals surface area contributed by atoms with Gasteiger partial charge in [-0.1, -0.05) is 17.8 Å². The van der Waals surface area contributed by atoms with Crippen molar-refractivity contribution in [2.24, 2.45) is 10.7 Å². The van der Waals surface area contributed by atoms with E-state index in [2.05, 4.69) is 30.4 Å². The van der Waals surface area contributed by atoms with Crippen molar-refractivity contribution in [3.63, 3.8) is 0 Å². The van der Waals surface area contributed by atoms with Crippen LogP contribution in [0.2, 0.25) is 0 Å². The number of rotatable bonds is 7. The number of aromatic nitrogens is 5. The monoisotopic (exact) mass is 440 g/mol. The van der Waals surface area contributed by atoms with Gasteiger partial charge in [-0.05, 0) is 49.4 Å². The zero-order valence-corrected chi connectivity index (χ0v) is 17.8. The molecule has 1 amide bonds. The predicted octanol–water partition coefficient (Wildman–Crippen LogP) is 2.88. The first kappa shape index (κ1) is 22.1. The van der Waals surface area contributed by atoms with Gasteiger partial charge in [-0.2, -0.15) is 9.78 Å². The normalized spacial score (nSPS) is 11.8. The smallest absolute Gasteiger partial charge is 0.275 e. The highest BCUT2D eigenvalue weighted by Gasteiger charge is 2.12. The highest BCUT2D eigenvalue weighted by atomic mass is 32.2. The number of hydrogen-bond acceptors (Lipinski definition) is 7. The summed E-state index contributed by atoms with van der Waals surface area (Å²) in [6.07, 6.45) is 6.31. The van der Waals surface area contributed by atoms with Gasteiger partial charge in [0.1, 0.15) is 23.7 Å². The Morgan fingerprint density at radius 1 is 1.32 bits per heavy atom. The molecule has 0 aliphatic heterocycles. The maximum Gasteiger partial charge on any atom is 0.275 e. The Balaban J connectivity index is 1.65. The van der Waals surface area contributed by atoms with E-state index in [1.165, 1.54) is 47.3 Å². The Kier molecular flexibility index (Phi) is 7.44. The second-order valence-electron chi connectivity index (χ2n) is 6.25. The second kappa shape index (κ2) is 10.4. The van der Waals surface area contributed by atoms with Crippen molar-refractivity contribution >= 4 is 28.5 Å². The van der Waals surface area contributed by atoms with E-state index < -0.39 is 5.91 Å². The van der Waals surface area contributed by atoms with Gasteiger partial charge in [-0.15, -0.1) is 0 Å². The van der Waals surface area contributed by atoms with Crippen LogP contribution in [0.3, 0.4) is 0 Å². The van der Waals surface area contributed by atoms with Crippen LogP contribution in [-0.4, -0.2) is 42.4 Å². The van der Waals surface area contributed by atoms with Crippen molar-refractivity contribution in [3.8, 4) is 5.82 Å². The summed E-state index contributed by atoms with van der Waals surface area (Å²) in [5, 5.41) is 8.96. The number of aryl methyl sites for hydroxylation is 1. The third kappa shape index (κ3) is 5.95. The molecule has 11 heteroatoms. The maximum absolute atomic E-state index is 14.1. The van der Waals surface area contributed by atoms with Gasteiger partial charge in [-0.3, -0.25) is 9.79 Å². The van der Waals surface area contributed by atoms with Crippen LogP contribution < -0.4 is 11.1 Å². The molecule has 0 spiro atoms. The van der Waals surface area contributed by atoms with E-state index in [-0.39, 0.29) is 11.5 Å². The highest BCUT2D eigenvalue weighted by molar-refractivity contribution is 8.16. The van der Waals surface area contributed by atoms with Crippen molar-refractivity contribution < 1.29 is 9.18 Å². The number of aliphatic imine (C=N–C) groups is 1. The summed E-state index contributed by atoms with van der Waals surface area (Å²) in [6.45, 7) is 4.28. The third-order valence-electron chi connectivity index (χ3n) is 4.05. The Bertz CT molecular complexity index is 1110. The molecule has 0 atom stereocenters. The average Bonchev–Trinajstić information content (AvgIpc) is 3.19. The van der Waals surface area contributed by atoms with Gasteiger partial charge in [0.25, 0.3) is 5.91 Å². The fraction of sp³-hybridized carbons (Fsp3) is 0.200. The maximum atomic E-state index is 14.1. The van der Waals surface area contributed by atoms with Gasteiger partial charge in [0.15, 0.2) is 11.0 Å². The Hall–Kier alpha value is -3.60. The fourth-order valence-corrected chi connectivity index (χ4v) is 3.10. The number of hydrogen-bond donors (Lipinski definition) is 2. The molecule has 2 heterocycles. The zero-order valence-electron chi connectivity index (χ0n) is 17.0. The number of nitrogens with one attached hydrogen (secondary N) is 1. The summed E-state index contributed by atoms with van der Waals surface area (Å²) < 4.78 is 15.6. The van der Waals surface area contributed by atoms with Crippen molar-refractivity contribution in [1.82, 2.24) is 24.7 Å². The molecular formula is C20H21FN8OS. The van der Waals surface area contributed by atoms with Crippen LogP contribution in [-0.2, 0) is 6.42 Å². The van der Waals surface area contributed by atoms with Crippen LogP contribution in [0.5, 0.6) is 0 Å². The molecule has 2 aromatic heterocycles. The molecule has 0 aliphatic carbocycles. The quantitative estimate of drug-likeness (QED) is 0.428. The number of anilines is 1. The number of halogens is 1. The van der Waals surface area contributed by atoms with Gasteiger partial charge < -0.3 is 11.1 Å². The minimum absolute atomic E-state index is 0.120. The lowest BCUT2D eigenvalue weighted by atomic mass is 10.1. The van der Waals surface area contributed by atoms with Gasteiger partial charge in [0.2, 0.25) is 0 Å². The molecular weight excluding hydrogens is 419 g/mol. The third-order valence-corrected chi connectivity index (χ3v) is 4.75. The molecule has 1 aromatic carbocycles. The molecule has 0 radical (unpaired) electrons. The first-order valence-electron chi connectivity index (χ1n) is 9.38. The lowest BCUT2D eigenvalue weighted by Gasteiger charge is -2.08. The first-order chi connectivity index (χ1) is 15.0. The van der Waals surface area contributed by atoms with E-state index in [0.717, 1.165) is 0 Å². The molecule has 9 nitrogen and oxygen atoms in total. The summed E-state index contributed by atoms with van der Waals surface area (Å²) in [4.78, 5) is 28.9. The largest absolute Gasteiger partial charge is 0.378 e. The number of nitrogens with two attached hydrogens (primary N) is 1. The van der Waals surface area contributed by atoms with E-state index in [1.807, 2.05) is 6.92 Å². The van der Waals surface area contributed by atoms with E-state index in [9.17, 15) is 9.18 Å². The van der Waals surface area contributed by atoms with E-state index in [0.29, 0.717) is 41.0 Å². The van der Waals surface area contributed by atoms with Crippen molar-refractivity contribution in [2.45, 2.75) is 20.3 Å². The average molecular weight is 441 g/mol. The lowest BCUT2D eigenvalue weighted by Crippen LogP contribution is -2.15. The topological polar surface area (TPSA) is 124 Å². The lowest BCUT2D eigenvalue weighted by molar-refractivity contribution is 0.102. The number of amides is 1. The first-order valence-corrected chi connectivity index (χ1v) is 10.3. The Morgan fingerprint density at radius 3 is 2.84 bits per heavy atom. The summed E-state index contributed by atoms with van der Waals surface area (Å²) in [7, 11) is 0. The van der Waals surface area contributed by atoms with E-state index in [4.69, 9.17) is 5.73 Å². The number of allylic oxidation sites excluding steroid dienone is 1. The van der Waals surface area contributed by atoms with Crippen molar-refractivity contribution in [2.75, 3.05) is 11.9 Å². The van der Waals surface area contributed by atoms with Crippen LogP contribution in [0.4, 0.5) is 10.1 Å². The molecule has 0 saturated carbocycles. The summed E-state index contributed by atoms with van der Waals surface area (Å²) in [5.74, 6) is 0.278. The minimum Gasteiger partial charge on any atom is -0.378 e. The summed E-state index contributed by atoms with van der Waals surface area (Å²) in [5.41, 5.74) is 6.70. The fourth-order valence-electron chi connectivity index (χ4n) is 2.56. The van der Waals surface area contributed by atoms with Crippen LogP contribution in [0.15, 0.2) is 53.4 Å². The van der Waals surface area contributed by atoms with Crippen molar-refractivity contribution in [1.29, 1.82) is 0 Å². The molecule has 0 aliphatic rings. The van der Waals surface area contributed by atoms with Crippen LogP contribution in [0.25, 0.3) is 5.82 Å². The highest BCUT2D eigenvalue weighted by Crippen LogP contribution is 2.17. The van der Waals surface area contributed by atoms with Crippen LogP contribution >= 0.6 is 11.8 Å².